The van der Waals surface area contributed by atoms with Crippen LogP contribution in [-0.4, -0.2) is 31.8 Å². The third-order valence-corrected chi connectivity index (χ3v) is 1.86. The van der Waals surface area contributed by atoms with Crippen molar-refractivity contribution in [3.05, 3.63) is 0 Å². The zero-order chi connectivity index (χ0) is 8.27. The third-order valence-electron chi connectivity index (χ3n) is 1.86. The van der Waals surface area contributed by atoms with Crippen LogP contribution in [-0.2, 0) is 4.74 Å². The Morgan fingerprint density at radius 1 is 1.73 bits per heavy atom. The lowest BCUT2D eigenvalue weighted by Crippen LogP contribution is -2.35. The van der Waals surface area contributed by atoms with Gasteiger partial charge in [-0.1, -0.05) is 0 Å². The summed E-state index contributed by atoms with van der Waals surface area (Å²) in [5.41, 5.74) is 0. The molecule has 0 saturated carbocycles. The molecule has 64 valence electrons. The van der Waals surface area contributed by atoms with E-state index in [1.54, 1.807) is 0 Å². The average Bonchev–Trinajstić information content (AvgIpc) is 2.35. The van der Waals surface area contributed by atoms with Crippen molar-refractivity contribution in [2.24, 2.45) is 0 Å². The molecule has 1 saturated heterocycles. The summed E-state index contributed by atoms with van der Waals surface area (Å²) in [6.07, 6.45) is 0.639. The fraction of sp³-hybridized carbons (Fsp3) is 0.857. The van der Waals surface area contributed by atoms with Gasteiger partial charge in [0.05, 0.1) is 7.11 Å². The number of alkyl carbamates (subject to hydrolysis) is 1. The number of nitrogens with one attached hydrogen (secondary N) is 2. The molecule has 2 N–H and O–H groups in total. The first kappa shape index (κ1) is 8.33. The molecule has 0 radical (unpaired) electrons. The van der Waals surface area contributed by atoms with Crippen LogP contribution in [0.2, 0.25) is 0 Å². The fourth-order valence-electron chi connectivity index (χ4n) is 1.27. The summed E-state index contributed by atoms with van der Waals surface area (Å²) in [7, 11) is 1.38. The topological polar surface area (TPSA) is 50.4 Å². The Balaban J connectivity index is 2.23. The Morgan fingerprint density at radius 3 is 2.91 bits per heavy atom. The molecule has 4 heteroatoms. The number of methoxy groups -OCH3 is 1. The highest BCUT2D eigenvalue weighted by atomic mass is 16.5. The molecule has 1 aliphatic heterocycles. The number of hydrogen-bond donors (Lipinski definition) is 2. The molecule has 4 nitrogen and oxygen atoms in total. The summed E-state index contributed by atoms with van der Waals surface area (Å²) >= 11 is 0. The molecule has 1 heterocycles. The standard InChI is InChI=1S/C7H14N2O2/c1-5-3-6(4-8-5)9-7(10)11-2/h5-6,8H,3-4H2,1-2H3,(H,9,10)/t5-,6-/m1/s1. The predicted molar refractivity (Wildman–Crippen MR) is 41.4 cm³/mol. The van der Waals surface area contributed by atoms with Gasteiger partial charge in [-0.25, -0.2) is 4.79 Å². The number of hydrogen-bond acceptors (Lipinski definition) is 3. The molecule has 2 atom stereocenters. The summed E-state index contributed by atoms with van der Waals surface area (Å²) in [4.78, 5) is 10.7. The first-order chi connectivity index (χ1) is 5.22. The van der Waals surface area contributed by atoms with E-state index in [0.29, 0.717) is 6.04 Å². The Bertz CT molecular complexity index is 149. The van der Waals surface area contributed by atoms with Gasteiger partial charge in [0.25, 0.3) is 0 Å². The number of rotatable bonds is 1. The van der Waals surface area contributed by atoms with E-state index in [1.165, 1.54) is 7.11 Å². The number of carbonyl (C=O) groups is 1. The minimum absolute atomic E-state index is 0.234. The molecule has 1 amide bonds. The molecule has 0 aromatic heterocycles. The van der Waals surface area contributed by atoms with Crippen molar-refractivity contribution < 1.29 is 9.53 Å². The molecular weight excluding hydrogens is 144 g/mol. The van der Waals surface area contributed by atoms with E-state index < -0.39 is 0 Å². The van der Waals surface area contributed by atoms with Crippen LogP contribution in [0.5, 0.6) is 0 Å². The first-order valence-electron chi connectivity index (χ1n) is 3.80. The molecule has 0 aromatic carbocycles. The van der Waals surface area contributed by atoms with Crippen molar-refractivity contribution >= 4 is 6.09 Å². The Hall–Kier alpha value is -0.770. The lowest BCUT2D eigenvalue weighted by molar-refractivity contribution is 0.167. The minimum atomic E-state index is -0.342. The summed E-state index contributed by atoms with van der Waals surface area (Å²) < 4.78 is 4.47. The number of ether oxygens (including phenoxy) is 1. The van der Waals surface area contributed by atoms with Crippen molar-refractivity contribution in [1.82, 2.24) is 10.6 Å². The van der Waals surface area contributed by atoms with Crippen molar-refractivity contribution in [3.63, 3.8) is 0 Å². The van der Waals surface area contributed by atoms with E-state index in [1.807, 2.05) is 0 Å². The molecule has 0 unspecified atom stereocenters. The van der Waals surface area contributed by atoms with Gasteiger partial charge < -0.3 is 15.4 Å². The first-order valence-corrected chi connectivity index (χ1v) is 3.80. The normalized spacial score (nSPS) is 30.0. The second-order valence-electron chi connectivity index (χ2n) is 2.88. The highest BCUT2D eigenvalue weighted by molar-refractivity contribution is 5.67. The SMILES string of the molecule is COC(=O)N[C@H]1CN[C@H](C)C1. The maximum absolute atomic E-state index is 10.7. The quantitative estimate of drug-likeness (QED) is 0.568. The zero-order valence-electron chi connectivity index (χ0n) is 6.89. The molecule has 1 aliphatic rings. The lowest BCUT2D eigenvalue weighted by Gasteiger charge is -2.09. The van der Waals surface area contributed by atoms with Crippen LogP contribution in [0, 0.1) is 0 Å². The summed E-state index contributed by atoms with van der Waals surface area (Å²) in [6.45, 7) is 2.94. The molecule has 0 bridgehead atoms. The number of amides is 1. The van der Waals surface area contributed by atoms with Crippen LogP contribution in [0.25, 0.3) is 0 Å². The van der Waals surface area contributed by atoms with Crippen molar-refractivity contribution in [1.29, 1.82) is 0 Å². The summed E-state index contributed by atoms with van der Waals surface area (Å²) in [6, 6.07) is 0.731. The van der Waals surface area contributed by atoms with E-state index in [0.717, 1.165) is 13.0 Å². The van der Waals surface area contributed by atoms with Gasteiger partial charge in [-0.05, 0) is 13.3 Å². The molecule has 0 aromatic rings. The zero-order valence-corrected chi connectivity index (χ0v) is 6.89. The fourth-order valence-corrected chi connectivity index (χ4v) is 1.27. The molecule has 1 fully saturated rings. The van der Waals surface area contributed by atoms with E-state index in [9.17, 15) is 4.79 Å². The second-order valence-corrected chi connectivity index (χ2v) is 2.88. The van der Waals surface area contributed by atoms with Crippen molar-refractivity contribution in [2.75, 3.05) is 13.7 Å². The van der Waals surface area contributed by atoms with Crippen LogP contribution in [0.15, 0.2) is 0 Å². The van der Waals surface area contributed by atoms with E-state index in [2.05, 4.69) is 22.3 Å². The van der Waals surface area contributed by atoms with Crippen molar-refractivity contribution in [3.8, 4) is 0 Å². The van der Waals surface area contributed by atoms with Gasteiger partial charge >= 0.3 is 6.09 Å². The maximum Gasteiger partial charge on any atom is 0.407 e. The largest absolute Gasteiger partial charge is 0.453 e. The van der Waals surface area contributed by atoms with E-state index in [4.69, 9.17) is 0 Å². The van der Waals surface area contributed by atoms with Crippen LogP contribution < -0.4 is 10.6 Å². The van der Waals surface area contributed by atoms with E-state index in [-0.39, 0.29) is 12.1 Å². The van der Waals surface area contributed by atoms with Gasteiger partial charge in [-0.2, -0.15) is 0 Å². The monoisotopic (exact) mass is 158 g/mol. The summed E-state index contributed by atoms with van der Waals surface area (Å²) in [5, 5.41) is 5.96. The Kier molecular flexibility index (Phi) is 2.70. The van der Waals surface area contributed by atoms with Crippen LogP contribution in [0.4, 0.5) is 4.79 Å². The Morgan fingerprint density at radius 2 is 2.45 bits per heavy atom. The highest BCUT2D eigenvalue weighted by Gasteiger charge is 2.21. The molecule has 11 heavy (non-hydrogen) atoms. The summed E-state index contributed by atoms with van der Waals surface area (Å²) in [5.74, 6) is 0. The lowest BCUT2D eigenvalue weighted by atomic mass is 10.2. The van der Waals surface area contributed by atoms with Gasteiger partial charge in [0.1, 0.15) is 0 Å². The van der Waals surface area contributed by atoms with Gasteiger partial charge in [-0.3, -0.25) is 0 Å². The van der Waals surface area contributed by atoms with Gasteiger partial charge in [0.15, 0.2) is 0 Å². The maximum atomic E-state index is 10.7. The van der Waals surface area contributed by atoms with Crippen LogP contribution in [0.3, 0.4) is 0 Å². The second kappa shape index (κ2) is 3.57. The number of carbonyl (C=O) groups excluding carboxylic acids is 1. The van der Waals surface area contributed by atoms with Crippen LogP contribution in [0.1, 0.15) is 13.3 Å². The molecule has 0 aliphatic carbocycles. The van der Waals surface area contributed by atoms with Gasteiger partial charge in [-0.15, -0.1) is 0 Å². The third kappa shape index (κ3) is 2.38. The average molecular weight is 158 g/mol. The smallest absolute Gasteiger partial charge is 0.407 e. The van der Waals surface area contributed by atoms with Crippen LogP contribution >= 0.6 is 0 Å². The van der Waals surface area contributed by atoms with Crippen molar-refractivity contribution in [2.45, 2.75) is 25.4 Å². The van der Waals surface area contributed by atoms with E-state index >= 15 is 0 Å². The predicted octanol–water partition coefficient (Wildman–Crippen LogP) is 0.0928. The van der Waals surface area contributed by atoms with Gasteiger partial charge in [0.2, 0.25) is 0 Å². The van der Waals surface area contributed by atoms with Gasteiger partial charge in [0, 0.05) is 18.6 Å². The highest BCUT2D eigenvalue weighted by Crippen LogP contribution is 2.04. The minimum Gasteiger partial charge on any atom is -0.453 e. The molecule has 0 spiro atoms. The molecule has 1 rings (SSSR count). The Labute approximate surface area is 66.3 Å². The molecular formula is C7H14N2O2.